The van der Waals surface area contributed by atoms with Crippen LogP contribution in [0.3, 0.4) is 0 Å². The Labute approximate surface area is 116 Å². The van der Waals surface area contributed by atoms with Crippen molar-refractivity contribution < 1.29 is 0 Å². The van der Waals surface area contributed by atoms with Crippen LogP contribution >= 0.6 is 11.8 Å². The van der Waals surface area contributed by atoms with Crippen molar-refractivity contribution in [3.8, 4) is 0 Å². The molecule has 1 atom stereocenters. The van der Waals surface area contributed by atoms with Gasteiger partial charge in [0.05, 0.1) is 0 Å². The van der Waals surface area contributed by atoms with Crippen LogP contribution in [0.25, 0.3) is 0 Å². The number of thioether (sulfide) groups is 1. The topological polar surface area (TPSA) is 29.3 Å². The number of rotatable bonds is 7. The van der Waals surface area contributed by atoms with Crippen LogP contribution in [-0.2, 0) is 0 Å². The molecule has 0 aliphatic carbocycles. The zero-order chi connectivity index (χ0) is 13.5. The second kappa shape index (κ2) is 7.82. The van der Waals surface area contributed by atoms with E-state index < -0.39 is 0 Å². The molecule has 0 heterocycles. The molecule has 0 spiro atoms. The van der Waals surface area contributed by atoms with Gasteiger partial charge in [0.1, 0.15) is 0 Å². The van der Waals surface area contributed by atoms with E-state index in [0.29, 0.717) is 18.5 Å². The minimum Gasteiger partial charge on any atom is -0.329 e. The van der Waals surface area contributed by atoms with E-state index >= 15 is 0 Å². The number of likely N-dealkylation sites (N-methyl/N-ethyl adjacent to an activating group) is 1. The van der Waals surface area contributed by atoms with Crippen LogP contribution in [0.4, 0.5) is 0 Å². The van der Waals surface area contributed by atoms with Gasteiger partial charge in [-0.15, -0.1) is 11.8 Å². The second-order valence-corrected chi connectivity index (χ2v) is 5.89. The Bertz CT molecular complexity index is 335. The zero-order valence-electron chi connectivity index (χ0n) is 12.0. The Hall–Kier alpha value is -0.510. The fraction of sp³-hybridized carbons (Fsp3) is 0.600. The highest BCUT2D eigenvalue weighted by Crippen LogP contribution is 2.23. The Morgan fingerprint density at radius 2 is 1.83 bits per heavy atom. The lowest BCUT2D eigenvalue weighted by molar-refractivity contribution is 0.189. The lowest BCUT2D eigenvalue weighted by Crippen LogP contribution is -2.36. The fourth-order valence-electron chi connectivity index (χ4n) is 2.27. The van der Waals surface area contributed by atoms with Gasteiger partial charge in [0, 0.05) is 24.0 Å². The molecule has 0 fully saturated rings. The van der Waals surface area contributed by atoms with Crippen LogP contribution < -0.4 is 5.73 Å². The maximum absolute atomic E-state index is 5.98. The molecule has 2 nitrogen and oxygen atoms in total. The monoisotopic (exact) mass is 266 g/mol. The van der Waals surface area contributed by atoms with E-state index in [0.717, 1.165) is 13.1 Å². The molecule has 2 N–H and O–H groups in total. The van der Waals surface area contributed by atoms with Crippen molar-refractivity contribution in [3.63, 3.8) is 0 Å². The standard InChI is InChI=1S/C15H26N2S/c1-5-17(11-12(2)3)15(10-16)13-6-8-14(18-4)9-7-13/h6-9,12,15H,5,10-11,16H2,1-4H3. The summed E-state index contributed by atoms with van der Waals surface area (Å²) in [6.45, 7) is 9.55. The zero-order valence-corrected chi connectivity index (χ0v) is 12.8. The highest BCUT2D eigenvalue weighted by molar-refractivity contribution is 7.98. The average molecular weight is 266 g/mol. The van der Waals surface area contributed by atoms with E-state index in [4.69, 9.17) is 5.73 Å². The van der Waals surface area contributed by atoms with E-state index in [1.54, 1.807) is 11.8 Å². The lowest BCUT2D eigenvalue weighted by Gasteiger charge is -2.31. The minimum atomic E-state index is 0.341. The van der Waals surface area contributed by atoms with E-state index in [1.165, 1.54) is 10.5 Å². The van der Waals surface area contributed by atoms with Crippen LogP contribution in [0.1, 0.15) is 32.4 Å². The molecule has 3 heteroatoms. The van der Waals surface area contributed by atoms with Gasteiger partial charge in [-0.2, -0.15) is 0 Å². The van der Waals surface area contributed by atoms with E-state index in [1.807, 2.05) is 0 Å². The molecule has 0 aromatic heterocycles. The summed E-state index contributed by atoms with van der Waals surface area (Å²) in [5, 5.41) is 0. The number of hydrogen-bond donors (Lipinski definition) is 1. The largest absolute Gasteiger partial charge is 0.329 e. The molecule has 1 aromatic rings. The first-order valence-electron chi connectivity index (χ1n) is 6.70. The lowest BCUT2D eigenvalue weighted by atomic mass is 10.0. The summed E-state index contributed by atoms with van der Waals surface area (Å²) in [5.74, 6) is 0.671. The summed E-state index contributed by atoms with van der Waals surface area (Å²) in [7, 11) is 0. The Balaban J connectivity index is 2.85. The molecule has 0 aliphatic heterocycles. The van der Waals surface area contributed by atoms with Crippen LogP contribution in [0.5, 0.6) is 0 Å². The van der Waals surface area contributed by atoms with Crippen LogP contribution in [0, 0.1) is 5.92 Å². The number of nitrogens with zero attached hydrogens (tertiary/aromatic N) is 1. The Morgan fingerprint density at radius 3 is 2.22 bits per heavy atom. The third-order valence-electron chi connectivity index (χ3n) is 3.17. The maximum atomic E-state index is 5.98. The molecule has 18 heavy (non-hydrogen) atoms. The predicted molar refractivity (Wildman–Crippen MR) is 82.1 cm³/mol. The van der Waals surface area contributed by atoms with E-state index in [-0.39, 0.29) is 0 Å². The molecule has 1 rings (SSSR count). The van der Waals surface area contributed by atoms with Gasteiger partial charge >= 0.3 is 0 Å². The maximum Gasteiger partial charge on any atom is 0.0470 e. The SMILES string of the molecule is CCN(CC(C)C)C(CN)c1ccc(SC)cc1. The molecule has 102 valence electrons. The Kier molecular flexibility index (Phi) is 6.76. The van der Waals surface area contributed by atoms with Gasteiger partial charge in [0.25, 0.3) is 0 Å². The number of hydrogen-bond acceptors (Lipinski definition) is 3. The average Bonchev–Trinajstić information content (AvgIpc) is 2.38. The van der Waals surface area contributed by atoms with Crippen molar-refractivity contribution in [1.29, 1.82) is 0 Å². The summed E-state index contributed by atoms with van der Waals surface area (Å²) in [6, 6.07) is 9.14. The van der Waals surface area contributed by atoms with Crippen LogP contribution in [0.2, 0.25) is 0 Å². The summed E-state index contributed by atoms with van der Waals surface area (Å²) in [5.41, 5.74) is 7.31. The molecule has 0 amide bonds. The smallest absolute Gasteiger partial charge is 0.0470 e. The van der Waals surface area contributed by atoms with Gasteiger partial charge in [-0.25, -0.2) is 0 Å². The summed E-state index contributed by atoms with van der Waals surface area (Å²) in [4.78, 5) is 3.78. The minimum absolute atomic E-state index is 0.341. The molecular formula is C15H26N2S. The van der Waals surface area contributed by atoms with Gasteiger partial charge in [-0.1, -0.05) is 32.9 Å². The van der Waals surface area contributed by atoms with E-state index in [9.17, 15) is 0 Å². The third kappa shape index (κ3) is 4.30. The molecular weight excluding hydrogens is 240 g/mol. The molecule has 0 saturated heterocycles. The van der Waals surface area contributed by atoms with Crippen LogP contribution in [-0.4, -0.2) is 30.8 Å². The number of benzene rings is 1. The molecule has 0 bridgehead atoms. The van der Waals surface area contributed by atoms with Crippen LogP contribution in [0.15, 0.2) is 29.2 Å². The third-order valence-corrected chi connectivity index (χ3v) is 3.91. The fourth-order valence-corrected chi connectivity index (χ4v) is 2.68. The first kappa shape index (κ1) is 15.5. The molecule has 1 aromatic carbocycles. The predicted octanol–water partition coefficient (Wildman–Crippen LogP) is 3.39. The number of nitrogens with two attached hydrogens (primary N) is 1. The first-order chi connectivity index (χ1) is 8.62. The first-order valence-corrected chi connectivity index (χ1v) is 7.92. The van der Waals surface area contributed by atoms with Gasteiger partial charge in [-0.05, 0) is 36.4 Å². The van der Waals surface area contributed by atoms with Crippen molar-refractivity contribution in [3.05, 3.63) is 29.8 Å². The van der Waals surface area contributed by atoms with Crippen molar-refractivity contribution >= 4 is 11.8 Å². The molecule has 0 aliphatic rings. The quantitative estimate of drug-likeness (QED) is 0.767. The molecule has 1 unspecified atom stereocenters. The summed E-state index contributed by atoms with van der Waals surface area (Å²) in [6.07, 6.45) is 2.10. The van der Waals surface area contributed by atoms with Gasteiger partial charge < -0.3 is 5.73 Å². The normalized spacial score (nSPS) is 13.3. The highest BCUT2D eigenvalue weighted by Gasteiger charge is 2.18. The van der Waals surface area contributed by atoms with Crippen molar-refractivity contribution in [2.75, 3.05) is 25.9 Å². The van der Waals surface area contributed by atoms with Gasteiger partial charge in [0.15, 0.2) is 0 Å². The summed E-state index contributed by atoms with van der Waals surface area (Å²) < 4.78 is 0. The van der Waals surface area contributed by atoms with Crippen molar-refractivity contribution in [1.82, 2.24) is 4.90 Å². The van der Waals surface area contributed by atoms with Gasteiger partial charge in [0.2, 0.25) is 0 Å². The Morgan fingerprint density at radius 1 is 1.22 bits per heavy atom. The summed E-state index contributed by atoms with van der Waals surface area (Å²) >= 11 is 1.78. The highest BCUT2D eigenvalue weighted by atomic mass is 32.2. The second-order valence-electron chi connectivity index (χ2n) is 5.01. The van der Waals surface area contributed by atoms with Crippen molar-refractivity contribution in [2.24, 2.45) is 11.7 Å². The molecule has 0 radical (unpaired) electrons. The molecule has 0 saturated carbocycles. The van der Waals surface area contributed by atoms with E-state index in [2.05, 4.69) is 56.2 Å². The van der Waals surface area contributed by atoms with Crippen molar-refractivity contribution in [2.45, 2.75) is 31.7 Å². The van der Waals surface area contributed by atoms with Gasteiger partial charge in [-0.3, -0.25) is 4.90 Å².